The molecule has 5 N–H and O–H groups in total. The highest BCUT2D eigenvalue weighted by molar-refractivity contribution is 6.31. The maximum Gasteiger partial charge on any atom is 0.416 e. The third-order valence-electron chi connectivity index (χ3n) is 8.92. The maximum atomic E-state index is 12.9. The first-order valence-corrected chi connectivity index (χ1v) is 14.2. The molecule has 5 aliphatic rings. The lowest BCUT2D eigenvalue weighted by Crippen LogP contribution is -2.48. The van der Waals surface area contributed by atoms with Gasteiger partial charge in [-0.1, -0.05) is 11.6 Å². The Morgan fingerprint density at radius 1 is 1.18 bits per heavy atom. The van der Waals surface area contributed by atoms with E-state index in [0.717, 1.165) is 55.8 Å². The second kappa shape index (κ2) is 9.47. The highest BCUT2D eigenvalue weighted by Crippen LogP contribution is 2.43. The van der Waals surface area contributed by atoms with Gasteiger partial charge in [0, 0.05) is 43.5 Å². The quantitative estimate of drug-likeness (QED) is 0.478. The number of likely N-dealkylation sites (tertiary alicyclic amines) is 1. The third kappa shape index (κ3) is 4.74. The van der Waals surface area contributed by atoms with Gasteiger partial charge >= 0.3 is 6.09 Å². The number of hydrogen-bond acceptors (Lipinski definition) is 9. The average Bonchev–Trinajstić information content (AvgIpc) is 3.48. The Kier molecular flexibility index (Phi) is 6.12. The molecule has 12 heteroatoms. The van der Waals surface area contributed by atoms with E-state index in [1.165, 1.54) is 4.90 Å². The minimum Gasteiger partial charge on any atom is -0.492 e. The Hall–Kier alpha value is -3.12. The van der Waals surface area contributed by atoms with Crippen molar-refractivity contribution in [1.82, 2.24) is 9.88 Å². The number of pyridine rings is 1. The summed E-state index contributed by atoms with van der Waals surface area (Å²) in [6.07, 6.45) is 3.81. The highest BCUT2D eigenvalue weighted by atomic mass is 35.5. The number of piperidine rings is 1. The van der Waals surface area contributed by atoms with E-state index in [2.05, 4.69) is 15.2 Å². The molecular formula is C28H33ClN6O5. The number of rotatable bonds is 6. The molecule has 212 valence electrons. The van der Waals surface area contributed by atoms with Crippen molar-refractivity contribution < 1.29 is 23.8 Å². The molecule has 1 unspecified atom stereocenters. The van der Waals surface area contributed by atoms with Crippen LogP contribution in [0.3, 0.4) is 0 Å². The molecule has 0 radical (unpaired) electrons. The first kappa shape index (κ1) is 25.8. The van der Waals surface area contributed by atoms with Crippen LogP contribution < -0.4 is 31.2 Å². The van der Waals surface area contributed by atoms with E-state index < -0.39 is 11.7 Å². The molecule has 1 saturated carbocycles. The van der Waals surface area contributed by atoms with Crippen LogP contribution in [0.4, 0.5) is 16.4 Å². The summed E-state index contributed by atoms with van der Waals surface area (Å²) >= 11 is 6.65. The number of aromatic nitrogens is 1. The molecule has 2 amide bonds. The molecule has 11 nitrogen and oxygen atoms in total. The SMILES string of the molecule is NC1c2cc(OCC3(N)CC3)cc(Cl)c2C[C@H]1CN1CCC2(CC1)CN(c1ccc3c(n1)NC(=O)CO3)C(=O)O2. The molecule has 2 atom stereocenters. The highest BCUT2D eigenvalue weighted by Gasteiger charge is 2.48. The van der Waals surface area contributed by atoms with E-state index in [4.69, 9.17) is 37.3 Å². The monoisotopic (exact) mass is 568 g/mol. The number of hydrogen-bond donors (Lipinski definition) is 3. The molecule has 1 aromatic carbocycles. The zero-order chi connectivity index (χ0) is 27.6. The summed E-state index contributed by atoms with van der Waals surface area (Å²) in [7, 11) is 0. The van der Waals surface area contributed by atoms with E-state index in [-0.39, 0.29) is 30.0 Å². The summed E-state index contributed by atoms with van der Waals surface area (Å²) < 4.78 is 17.3. The van der Waals surface area contributed by atoms with Crippen molar-refractivity contribution in [3.8, 4) is 11.5 Å². The van der Waals surface area contributed by atoms with E-state index in [1.54, 1.807) is 12.1 Å². The molecule has 2 saturated heterocycles. The van der Waals surface area contributed by atoms with Gasteiger partial charge in [-0.25, -0.2) is 9.78 Å². The van der Waals surface area contributed by atoms with Gasteiger partial charge in [0.15, 0.2) is 18.2 Å². The molecular weight excluding hydrogens is 536 g/mol. The second-order valence-electron chi connectivity index (χ2n) is 11.9. The van der Waals surface area contributed by atoms with Gasteiger partial charge in [-0.3, -0.25) is 9.69 Å². The Labute approximate surface area is 237 Å². The normalized spacial score (nSPS) is 26.1. The van der Waals surface area contributed by atoms with Crippen molar-refractivity contribution in [2.45, 2.75) is 49.3 Å². The van der Waals surface area contributed by atoms with Crippen LogP contribution in [-0.4, -0.2) is 72.4 Å². The standard InChI is InChI=1S/C28H33ClN6O5/c29-20-11-17(39-15-27(31)3-4-27)10-19-18(20)9-16(24(19)30)12-34-7-5-28(6-8-34)14-35(26(37)40-28)22-2-1-21-25(32-22)33-23(36)13-38-21/h1-2,10-11,16,24H,3-9,12-15,30-31H2,(H,32,33,36)/t16-,24?/m0/s1. The van der Waals surface area contributed by atoms with Gasteiger partial charge in [-0.15, -0.1) is 0 Å². The Morgan fingerprint density at radius 3 is 2.75 bits per heavy atom. The largest absolute Gasteiger partial charge is 0.492 e. The van der Waals surface area contributed by atoms with E-state index in [1.807, 2.05) is 12.1 Å². The fourth-order valence-electron chi connectivity index (χ4n) is 6.22. The predicted molar refractivity (Wildman–Crippen MR) is 148 cm³/mol. The van der Waals surface area contributed by atoms with Gasteiger partial charge in [0.05, 0.1) is 12.1 Å². The molecule has 40 heavy (non-hydrogen) atoms. The summed E-state index contributed by atoms with van der Waals surface area (Å²) in [4.78, 5) is 32.9. The molecule has 1 aromatic heterocycles. The van der Waals surface area contributed by atoms with Gasteiger partial charge in [0.2, 0.25) is 0 Å². The van der Waals surface area contributed by atoms with Gasteiger partial charge in [0.1, 0.15) is 23.8 Å². The first-order chi connectivity index (χ1) is 19.2. The molecule has 3 fully saturated rings. The number of nitrogens with two attached hydrogens (primary N) is 2. The van der Waals surface area contributed by atoms with Crippen LogP contribution in [0.15, 0.2) is 24.3 Å². The third-order valence-corrected chi connectivity index (χ3v) is 9.26. The Bertz CT molecular complexity index is 1380. The zero-order valence-corrected chi connectivity index (χ0v) is 22.9. The number of carbonyl (C=O) groups excluding carboxylic acids is 2. The predicted octanol–water partition coefficient (Wildman–Crippen LogP) is 2.60. The number of benzene rings is 1. The fourth-order valence-corrected chi connectivity index (χ4v) is 6.51. The number of halogens is 1. The average molecular weight is 569 g/mol. The lowest BCUT2D eigenvalue weighted by atomic mass is 9.90. The van der Waals surface area contributed by atoms with Gasteiger partial charge in [-0.05, 0) is 60.6 Å². The lowest BCUT2D eigenvalue weighted by molar-refractivity contribution is -0.118. The fraction of sp³-hybridized carbons (Fsp3) is 0.536. The minimum absolute atomic E-state index is 0.0465. The molecule has 1 spiro atoms. The van der Waals surface area contributed by atoms with Crippen molar-refractivity contribution in [3.63, 3.8) is 0 Å². The van der Waals surface area contributed by atoms with Crippen molar-refractivity contribution >= 4 is 35.2 Å². The number of anilines is 2. The summed E-state index contributed by atoms with van der Waals surface area (Å²) in [5.41, 5.74) is 14.3. The number of amides is 2. The summed E-state index contributed by atoms with van der Waals surface area (Å²) in [5.74, 6) is 1.93. The summed E-state index contributed by atoms with van der Waals surface area (Å²) in [5, 5.41) is 3.39. The van der Waals surface area contributed by atoms with E-state index >= 15 is 0 Å². The van der Waals surface area contributed by atoms with Gasteiger partial charge in [-0.2, -0.15) is 0 Å². The number of nitrogens with zero attached hydrogens (tertiary/aromatic N) is 3. The maximum absolute atomic E-state index is 12.9. The van der Waals surface area contributed by atoms with Crippen molar-refractivity contribution in [3.05, 3.63) is 40.4 Å². The minimum atomic E-state index is -0.566. The van der Waals surface area contributed by atoms with Crippen molar-refractivity contribution in [2.24, 2.45) is 17.4 Å². The topological polar surface area (TPSA) is 145 Å². The van der Waals surface area contributed by atoms with Crippen LogP contribution in [0.5, 0.6) is 11.5 Å². The smallest absolute Gasteiger partial charge is 0.416 e. The van der Waals surface area contributed by atoms with Crippen molar-refractivity contribution in [1.29, 1.82) is 0 Å². The molecule has 2 aliphatic carbocycles. The van der Waals surface area contributed by atoms with Crippen LogP contribution in [0.1, 0.15) is 42.9 Å². The number of fused-ring (bicyclic) bond motifs is 2. The second-order valence-corrected chi connectivity index (χ2v) is 12.3. The summed E-state index contributed by atoms with van der Waals surface area (Å²) in [6, 6.07) is 7.21. The number of carbonyl (C=O) groups is 2. The summed E-state index contributed by atoms with van der Waals surface area (Å²) in [6.45, 7) is 3.29. The molecule has 0 bridgehead atoms. The van der Waals surface area contributed by atoms with Crippen molar-refractivity contribution in [2.75, 3.05) is 49.6 Å². The van der Waals surface area contributed by atoms with Crippen LogP contribution >= 0.6 is 11.6 Å². The molecule has 7 rings (SSSR count). The van der Waals surface area contributed by atoms with Crippen LogP contribution in [0.2, 0.25) is 5.02 Å². The first-order valence-electron chi connectivity index (χ1n) is 13.9. The molecule has 4 heterocycles. The van der Waals surface area contributed by atoms with Crippen LogP contribution in [0.25, 0.3) is 0 Å². The van der Waals surface area contributed by atoms with E-state index in [9.17, 15) is 9.59 Å². The lowest BCUT2D eigenvalue weighted by Gasteiger charge is -2.38. The zero-order valence-electron chi connectivity index (χ0n) is 22.2. The number of ether oxygens (including phenoxy) is 3. The molecule has 3 aliphatic heterocycles. The Morgan fingerprint density at radius 2 is 1.98 bits per heavy atom. The number of nitrogens with one attached hydrogen (secondary N) is 1. The molecule has 2 aromatic rings. The Balaban J connectivity index is 0.967. The van der Waals surface area contributed by atoms with E-state index in [0.29, 0.717) is 48.4 Å². The van der Waals surface area contributed by atoms with Gasteiger partial charge in [0.25, 0.3) is 5.91 Å². The van der Waals surface area contributed by atoms with Gasteiger partial charge < -0.3 is 35.9 Å². The van der Waals surface area contributed by atoms with Crippen LogP contribution in [-0.2, 0) is 16.0 Å². The van der Waals surface area contributed by atoms with Crippen LogP contribution in [0, 0.1) is 5.92 Å².